The van der Waals surface area contributed by atoms with Crippen LogP contribution in [0.1, 0.15) is 425 Å². The molecule has 0 aliphatic rings. The van der Waals surface area contributed by atoms with Crippen LogP contribution in [0, 0.1) is 0 Å². The van der Waals surface area contributed by atoms with Crippen LogP contribution in [0.2, 0.25) is 0 Å². The fourth-order valence-corrected chi connectivity index (χ4v) is 11.5. The summed E-state index contributed by atoms with van der Waals surface area (Å²) in [5.74, 6) is -0.816. The van der Waals surface area contributed by atoms with Gasteiger partial charge < -0.3 is 14.2 Å². The van der Waals surface area contributed by atoms with Crippen LogP contribution in [0.5, 0.6) is 0 Å². The molecule has 1 atom stereocenters. The summed E-state index contributed by atoms with van der Waals surface area (Å²) in [6.07, 6.45) is 79.9. The number of rotatable bonds is 68. The lowest BCUT2D eigenvalue weighted by molar-refractivity contribution is -0.167. The van der Waals surface area contributed by atoms with Gasteiger partial charge >= 0.3 is 17.9 Å². The molecular weight excluding hydrogens is 961 g/mol. The smallest absolute Gasteiger partial charge is 0.306 e. The molecule has 0 aliphatic carbocycles. The number of ether oxygens (including phenoxy) is 3. The van der Waals surface area contributed by atoms with E-state index in [1.165, 1.54) is 327 Å². The minimum Gasteiger partial charge on any atom is -0.462 e. The largest absolute Gasteiger partial charge is 0.462 e. The van der Waals surface area contributed by atoms with Crippen LogP contribution < -0.4 is 0 Å². The molecule has 0 aromatic carbocycles. The predicted octanol–water partition coefficient (Wildman–Crippen LogP) is 24.6. The van der Waals surface area contributed by atoms with Crippen molar-refractivity contribution in [2.45, 2.75) is 431 Å². The van der Waals surface area contributed by atoms with E-state index in [0.717, 1.165) is 57.8 Å². The first-order valence-corrected chi connectivity index (χ1v) is 36.0. The molecule has 0 saturated heterocycles. The molecular formula is C72H140O6. The maximum absolute atomic E-state index is 13.0. The molecule has 0 spiro atoms. The first kappa shape index (κ1) is 76.4. The summed E-state index contributed by atoms with van der Waals surface area (Å²) in [6, 6.07) is 0. The van der Waals surface area contributed by atoms with E-state index in [-0.39, 0.29) is 31.1 Å². The monoisotopic (exact) mass is 1100 g/mol. The van der Waals surface area contributed by atoms with Crippen molar-refractivity contribution >= 4 is 17.9 Å². The van der Waals surface area contributed by atoms with E-state index >= 15 is 0 Å². The minimum absolute atomic E-state index is 0.0599. The van der Waals surface area contributed by atoms with Crippen molar-refractivity contribution in [1.82, 2.24) is 0 Å². The molecule has 0 aliphatic heterocycles. The van der Waals surface area contributed by atoms with Gasteiger partial charge in [-0.05, 0) is 19.3 Å². The van der Waals surface area contributed by atoms with Crippen LogP contribution in [0.15, 0.2) is 0 Å². The number of carbonyl (C=O) groups is 3. The molecule has 0 amide bonds. The van der Waals surface area contributed by atoms with Crippen molar-refractivity contribution in [3.8, 4) is 0 Å². The maximum Gasteiger partial charge on any atom is 0.306 e. The van der Waals surface area contributed by atoms with E-state index in [9.17, 15) is 14.4 Å². The van der Waals surface area contributed by atoms with Crippen LogP contribution in [0.3, 0.4) is 0 Å². The van der Waals surface area contributed by atoms with Crippen molar-refractivity contribution in [2.75, 3.05) is 13.2 Å². The van der Waals surface area contributed by atoms with Gasteiger partial charge in [-0.2, -0.15) is 0 Å². The zero-order valence-corrected chi connectivity index (χ0v) is 53.5. The summed E-state index contributed by atoms with van der Waals surface area (Å²) >= 11 is 0. The van der Waals surface area contributed by atoms with Gasteiger partial charge in [0.2, 0.25) is 0 Å². The normalized spacial score (nSPS) is 11.9. The lowest BCUT2D eigenvalue weighted by Crippen LogP contribution is -2.30. The number of carbonyl (C=O) groups excluding carboxylic acids is 3. The van der Waals surface area contributed by atoms with E-state index in [2.05, 4.69) is 20.8 Å². The Hall–Kier alpha value is -1.59. The van der Waals surface area contributed by atoms with Crippen LogP contribution in [-0.4, -0.2) is 37.2 Å². The average Bonchev–Trinajstić information content (AvgIpc) is 3.44. The van der Waals surface area contributed by atoms with E-state index < -0.39 is 6.10 Å². The Morgan fingerprint density at radius 2 is 0.346 bits per heavy atom. The van der Waals surface area contributed by atoms with Crippen LogP contribution >= 0.6 is 0 Å². The highest BCUT2D eigenvalue weighted by Gasteiger charge is 2.20. The standard InChI is InChI=1S/C72H140O6/c1-4-7-10-13-16-19-22-25-28-31-34-36-37-39-41-44-47-50-53-56-59-62-65-71(74)77-68-69(67-76-70(73)64-61-58-55-52-49-46-43-40-33-30-27-24-21-18-15-12-9-6-3)78-72(75)66-63-60-57-54-51-48-45-42-38-35-32-29-26-23-20-17-14-11-8-5-2/h69H,4-68H2,1-3H3. The molecule has 0 bridgehead atoms. The van der Waals surface area contributed by atoms with E-state index in [1.807, 2.05) is 0 Å². The van der Waals surface area contributed by atoms with Gasteiger partial charge in [0.15, 0.2) is 6.10 Å². The van der Waals surface area contributed by atoms with Crippen molar-refractivity contribution in [3.63, 3.8) is 0 Å². The fourth-order valence-electron chi connectivity index (χ4n) is 11.5. The van der Waals surface area contributed by atoms with Crippen LogP contribution in [-0.2, 0) is 28.6 Å². The Balaban J connectivity index is 4.26. The first-order chi connectivity index (χ1) is 38.5. The van der Waals surface area contributed by atoms with Gasteiger partial charge in [0, 0.05) is 19.3 Å². The second kappa shape index (κ2) is 67.9. The summed E-state index contributed by atoms with van der Waals surface area (Å²) in [5, 5.41) is 0. The van der Waals surface area contributed by atoms with Gasteiger partial charge in [-0.3, -0.25) is 14.4 Å². The molecule has 1 unspecified atom stereocenters. The molecule has 6 heteroatoms. The third kappa shape index (κ3) is 65.2. The Morgan fingerprint density at radius 3 is 0.513 bits per heavy atom. The van der Waals surface area contributed by atoms with E-state index in [0.29, 0.717) is 19.3 Å². The van der Waals surface area contributed by atoms with Crippen LogP contribution in [0.25, 0.3) is 0 Å². The van der Waals surface area contributed by atoms with E-state index in [4.69, 9.17) is 14.2 Å². The Kier molecular flexibility index (Phi) is 66.5. The highest BCUT2D eigenvalue weighted by Crippen LogP contribution is 2.20. The number of unbranched alkanes of at least 4 members (excludes halogenated alkanes) is 57. The van der Waals surface area contributed by atoms with Crippen molar-refractivity contribution < 1.29 is 28.6 Å². The van der Waals surface area contributed by atoms with Gasteiger partial charge in [0.1, 0.15) is 13.2 Å². The third-order valence-electron chi connectivity index (χ3n) is 16.9. The van der Waals surface area contributed by atoms with Crippen molar-refractivity contribution in [1.29, 1.82) is 0 Å². The Labute approximate surface area is 488 Å². The number of esters is 3. The van der Waals surface area contributed by atoms with Gasteiger partial charge in [-0.1, -0.05) is 387 Å². The van der Waals surface area contributed by atoms with Gasteiger partial charge in [0.25, 0.3) is 0 Å². The van der Waals surface area contributed by atoms with Crippen molar-refractivity contribution in [2.24, 2.45) is 0 Å². The quantitative estimate of drug-likeness (QED) is 0.0343. The lowest BCUT2D eigenvalue weighted by atomic mass is 10.0. The fraction of sp³-hybridized carbons (Fsp3) is 0.958. The molecule has 0 radical (unpaired) electrons. The maximum atomic E-state index is 13.0. The second-order valence-electron chi connectivity index (χ2n) is 24.9. The number of hydrogen-bond donors (Lipinski definition) is 0. The van der Waals surface area contributed by atoms with E-state index in [1.54, 1.807) is 0 Å². The molecule has 0 N–H and O–H groups in total. The van der Waals surface area contributed by atoms with Crippen molar-refractivity contribution in [3.05, 3.63) is 0 Å². The molecule has 0 saturated carbocycles. The summed E-state index contributed by atoms with van der Waals surface area (Å²) in [6.45, 7) is 6.75. The minimum atomic E-state index is -0.764. The third-order valence-corrected chi connectivity index (χ3v) is 16.9. The molecule has 0 fully saturated rings. The molecule has 464 valence electrons. The zero-order valence-electron chi connectivity index (χ0n) is 53.5. The molecule has 78 heavy (non-hydrogen) atoms. The number of hydrogen-bond acceptors (Lipinski definition) is 6. The molecule has 0 aromatic heterocycles. The molecule has 6 nitrogen and oxygen atoms in total. The van der Waals surface area contributed by atoms with Gasteiger partial charge in [0.05, 0.1) is 0 Å². The zero-order chi connectivity index (χ0) is 56.4. The summed E-state index contributed by atoms with van der Waals surface area (Å²) in [7, 11) is 0. The summed E-state index contributed by atoms with van der Waals surface area (Å²) < 4.78 is 17.0. The lowest BCUT2D eigenvalue weighted by Gasteiger charge is -2.18. The second-order valence-corrected chi connectivity index (χ2v) is 24.9. The SMILES string of the molecule is CCCCCCCCCCCCCCCCCCCCCCCCC(=O)OCC(COC(=O)CCCCCCCCCCCCCCCCCCCC)OC(=O)CCCCCCCCCCCCCCCCCCCCCC. The van der Waals surface area contributed by atoms with Gasteiger partial charge in [-0.25, -0.2) is 0 Å². The highest BCUT2D eigenvalue weighted by molar-refractivity contribution is 5.71. The predicted molar refractivity (Wildman–Crippen MR) is 340 cm³/mol. The highest BCUT2D eigenvalue weighted by atomic mass is 16.6. The topological polar surface area (TPSA) is 78.9 Å². The summed E-state index contributed by atoms with van der Waals surface area (Å²) in [5.41, 5.74) is 0. The molecule has 0 aromatic rings. The molecule has 0 heterocycles. The van der Waals surface area contributed by atoms with Gasteiger partial charge in [-0.15, -0.1) is 0 Å². The molecule has 0 rings (SSSR count). The average molecular weight is 1100 g/mol. The summed E-state index contributed by atoms with van der Waals surface area (Å²) in [4.78, 5) is 38.5. The first-order valence-electron chi connectivity index (χ1n) is 36.0. The Morgan fingerprint density at radius 1 is 0.205 bits per heavy atom. The Bertz CT molecular complexity index is 1170. The van der Waals surface area contributed by atoms with Crippen LogP contribution in [0.4, 0.5) is 0 Å².